The molecular formula is C30H20O10. The van der Waals surface area contributed by atoms with Gasteiger partial charge in [-0.1, -0.05) is 6.07 Å². The van der Waals surface area contributed by atoms with Crippen molar-refractivity contribution in [2.45, 2.75) is 12.5 Å². The summed E-state index contributed by atoms with van der Waals surface area (Å²) in [4.78, 5) is 25.2. The van der Waals surface area contributed by atoms with E-state index in [0.717, 1.165) is 12.1 Å². The number of hydrogen-bond acceptors (Lipinski definition) is 10. The number of ether oxygens (including phenoxy) is 2. The third-order valence-electron chi connectivity index (χ3n) is 6.50. The number of phenolic OH excluding ortho intramolecular Hbond substituents is 5. The lowest BCUT2D eigenvalue weighted by Crippen LogP contribution is -2.20. The van der Waals surface area contributed by atoms with E-state index in [-0.39, 0.29) is 74.7 Å². The predicted molar refractivity (Wildman–Crippen MR) is 142 cm³/mol. The number of phenols is 5. The SMILES string of the molecule is O=C1C[C@@H](c2ccc(O)c(Oc3ccc(-c4cc(=O)c5c(O)cc(O)cc5o4)cc3)c2)Oc2cc(O)cc(O)c21. The second kappa shape index (κ2) is 9.28. The van der Waals surface area contributed by atoms with Crippen LogP contribution in [0.15, 0.2) is 82.0 Å². The number of aromatic hydroxyl groups is 5. The Morgan fingerprint density at radius 3 is 2.25 bits per heavy atom. The van der Waals surface area contributed by atoms with Crippen molar-refractivity contribution in [2.24, 2.45) is 0 Å². The van der Waals surface area contributed by atoms with E-state index in [9.17, 15) is 35.1 Å². The van der Waals surface area contributed by atoms with Crippen molar-refractivity contribution in [3.8, 4) is 57.3 Å². The van der Waals surface area contributed by atoms with Gasteiger partial charge in [-0.3, -0.25) is 9.59 Å². The molecule has 1 aromatic heterocycles. The molecule has 0 fully saturated rings. The van der Waals surface area contributed by atoms with E-state index in [1.54, 1.807) is 30.3 Å². The first kappa shape index (κ1) is 24.7. The molecule has 4 aromatic carbocycles. The molecule has 0 spiro atoms. The molecule has 0 amide bonds. The van der Waals surface area contributed by atoms with Crippen LogP contribution < -0.4 is 14.9 Å². The number of carbonyl (C=O) groups is 1. The highest BCUT2D eigenvalue weighted by Gasteiger charge is 2.31. The first-order valence-corrected chi connectivity index (χ1v) is 12.0. The van der Waals surface area contributed by atoms with Crippen molar-refractivity contribution in [1.82, 2.24) is 0 Å². The van der Waals surface area contributed by atoms with Gasteiger partial charge in [-0.2, -0.15) is 0 Å². The summed E-state index contributed by atoms with van der Waals surface area (Å²) in [5.74, 6) is -1.08. The first-order chi connectivity index (χ1) is 19.2. The third kappa shape index (κ3) is 4.37. The van der Waals surface area contributed by atoms with Crippen LogP contribution in [0.2, 0.25) is 0 Å². The lowest BCUT2D eigenvalue weighted by molar-refractivity contribution is 0.0844. The highest BCUT2D eigenvalue weighted by molar-refractivity contribution is 6.02. The van der Waals surface area contributed by atoms with Crippen LogP contribution in [-0.2, 0) is 0 Å². The van der Waals surface area contributed by atoms with Crippen molar-refractivity contribution in [1.29, 1.82) is 0 Å². The summed E-state index contributed by atoms with van der Waals surface area (Å²) in [7, 11) is 0. The molecule has 1 atom stereocenters. The smallest absolute Gasteiger partial charge is 0.197 e. The zero-order chi connectivity index (χ0) is 28.1. The maximum Gasteiger partial charge on any atom is 0.197 e. The molecule has 0 bridgehead atoms. The molecule has 5 aromatic rings. The summed E-state index contributed by atoms with van der Waals surface area (Å²) < 4.78 is 17.5. The highest BCUT2D eigenvalue weighted by Crippen LogP contribution is 2.43. The number of Topliss-reactive ketones (excluding diaryl/α,β-unsaturated/α-hetero) is 1. The van der Waals surface area contributed by atoms with E-state index in [0.29, 0.717) is 16.9 Å². The maximum atomic E-state index is 12.7. The summed E-state index contributed by atoms with van der Waals surface area (Å²) >= 11 is 0. The van der Waals surface area contributed by atoms with Crippen molar-refractivity contribution in [3.05, 3.63) is 94.1 Å². The summed E-state index contributed by atoms with van der Waals surface area (Å²) in [6.45, 7) is 0. The van der Waals surface area contributed by atoms with Gasteiger partial charge in [0.15, 0.2) is 22.7 Å². The second-order valence-electron chi connectivity index (χ2n) is 9.24. The number of benzene rings is 4. The minimum Gasteiger partial charge on any atom is -0.508 e. The van der Waals surface area contributed by atoms with Gasteiger partial charge in [-0.15, -0.1) is 0 Å². The number of fused-ring (bicyclic) bond motifs is 2. The summed E-state index contributed by atoms with van der Waals surface area (Å²) in [6.07, 6.45) is -0.822. The zero-order valence-electron chi connectivity index (χ0n) is 20.5. The molecule has 2 heterocycles. The largest absolute Gasteiger partial charge is 0.508 e. The minimum atomic E-state index is -0.749. The van der Waals surface area contributed by atoms with E-state index in [4.69, 9.17) is 13.9 Å². The topological polar surface area (TPSA) is 167 Å². The van der Waals surface area contributed by atoms with Gasteiger partial charge in [-0.05, 0) is 42.0 Å². The third-order valence-corrected chi connectivity index (χ3v) is 6.50. The number of hydrogen-bond donors (Lipinski definition) is 5. The zero-order valence-corrected chi connectivity index (χ0v) is 20.5. The van der Waals surface area contributed by atoms with Crippen molar-refractivity contribution in [3.63, 3.8) is 0 Å². The molecule has 10 heteroatoms. The molecule has 0 aliphatic carbocycles. The van der Waals surface area contributed by atoms with Crippen LogP contribution >= 0.6 is 0 Å². The fourth-order valence-electron chi connectivity index (χ4n) is 4.63. The van der Waals surface area contributed by atoms with Crippen LogP contribution in [0.25, 0.3) is 22.3 Å². The van der Waals surface area contributed by atoms with Gasteiger partial charge in [0, 0.05) is 35.9 Å². The Morgan fingerprint density at radius 1 is 0.750 bits per heavy atom. The molecule has 200 valence electrons. The normalized spacial score (nSPS) is 14.5. The quantitative estimate of drug-likeness (QED) is 0.197. The first-order valence-electron chi connectivity index (χ1n) is 12.0. The van der Waals surface area contributed by atoms with Crippen LogP contribution in [-0.4, -0.2) is 31.3 Å². The second-order valence-corrected chi connectivity index (χ2v) is 9.24. The Balaban J connectivity index is 1.26. The van der Waals surface area contributed by atoms with Crippen molar-refractivity contribution in [2.75, 3.05) is 0 Å². The Bertz CT molecular complexity index is 1870. The Labute approximate surface area is 225 Å². The van der Waals surface area contributed by atoms with E-state index < -0.39 is 11.5 Å². The molecule has 1 aliphatic rings. The predicted octanol–water partition coefficient (Wildman–Crippen LogP) is 5.49. The molecule has 0 radical (unpaired) electrons. The standard InChI is InChI=1S/C30H20O10/c31-16-8-20(34)29-22(36)12-24(39-27(29)10-16)14-1-4-18(5-2-14)38-26-7-15(3-6-19(26)33)25-13-23(37)30-21(35)9-17(32)11-28(30)40-25/h1-12,25,31-35H,13H2/t25-/m0/s1. The number of ketones is 1. The van der Waals surface area contributed by atoms with Crippen LogP contribution in [0.5, 0.6) is 46.0 Å². The van der Waals surface area contributed by atoms with Gasteiger partial charge in [0.05, 0.1) is 6.42 Å². The molecule has 40 heavy (non-hydrogen) atoms. The Hall–Kier alpha value is -5.64. The number of rotatable bonds is 4. The minimum absolute atomic E-state index is 0.000224. The molecule has 10 nitrogen and oxygen atoms in total. The van der Waals surface area contributed by atoms with Gasteiger partial charge in [0.2, 0.25) is 0 Å². The molecule has 6 rings (SSSR count). The summed E-state index contributed by atoms with van der Waals surface area (Å²) in [5.41, 5.74) is 0.591. The van der Waals surface area contributed by atoms with E-state index >= 15 is 0 Å². The lowest BCUT2D eigenvalue weighted by atomic mass is 9.95. The molecule has 1 aliphatic heterocycles. The van der Waals surface area contributed by atoms with Crippen molar-refractivity contribution < 1.29 is 44.2 Å². The Kier molecular flexibility index (Phi) is 5.73. The van der Waals surface area contributed by atoms with Crippen LogP contribution in [0.1, 0.15) is 28.4 Å². The maximum absolute atomic E-state index is 12.7. The average molecular weight is 540 g/mol. The van der Waals surface area contributed by atoms with Crippen LogP contribution in [0.3, 0.4) is 0 Å². The van der Waals surface area contributed by atoms with E-state index in [1.807, 2.05) is 0 Å². The van der Waals surface area contributed by atoms with Crippen LogP contribution in [0, 0.1) is 0 Å². The van der Waals surface area contributed by atoms with Gasteiger partial charge in [0.1, 0.15) is 62.9 Å². The lowest BCUT2D eigenvalue weighted by Gasteiger charge is -2.26. The van der Waals surface area contributed by atoms with Crippen molar-refractivity contribution >= 4 is 16.8 Å². The average Bonchev–Trinajstić information content (AvgIpc) is 2.89. The molecule has 0 saturated carbocycles. The van der Waals surface area contributed by atoms with E-state index in [1.165, 1.54) is 30.3 Å². The van der Waals surface area contributed by atoms with Gasteiger partial charge in [-0.25, -0.2) is 0 Å². The van der Waals surface area contributed by atoms with Gasteiger partial charge >= 0.3 is 0 Å². The fourth-order valence-corrected chi connectivity index (χ4v) is 4.63. The number of carbonyl (C=O) groups excluding carboxylic acids is 1. The van der Waals surface area contributed by atoms with Crippen LogP contribution in [0.4, 0.5) is 0 Å². The highest BCUT2D eigenvalue weighted by atomic mass is 16.5. The summed E-state index contributed by atoms with van der Waals surface area (Å²) in [6, 6.07) is 16.8. The van der Waals surface area contributed by atoms with E-state index in [2.05, 4.69) is 0 Å². The molecule has 0 saturated heterocycles. The monoisotopic (exact) mass is 540 g/mol. The summed E-state index contributed by atoms with van der Waals surface area (Å²) in [5, 5.41) is 49.9. The Morgan fingerprint density at radius 2 is 1.48 bits per heavy atom. The molecular weight excluding hydrogens is 520 g/mol. The molecule has 5 N–H and O–H groups in total. The fraction of sp³-hybridized carbons (Fsp3) is 0.0667. The molecule has 0 unspecified atom stereocenters. The van der Waals surface area contributed by atoms with Gasteiger partial charge in [0.25, 0.3) is 0 Å². The van der Waals surface area contributed by atoms with Gasteiger partial charge < -0.3 is 39.4 Å².